The maximum Gasteiger partial charge on any atom is 0.135 e. The van der Waals surface area contributed by atoms with Gasteiger partial charge in [-0.05, 0) is 6.42 Å². The van der Waals surface area contributed by atoms with Crippen molar-refractivity contribution in [2.24, 2.45) is 5.92 Å². The van der Waals surface area contributed by atoms with Crippen molar-refractivity contribution in [1.82, 2.24) is 0 Å². The van der Waals surface area contributed by atoms with Gasteiger partial charge in [0.05, 0.1) is 0 Å². The van der Waals surface area contributed by atoms with E-state index < -0.39 is 0 Å². The highest BCUT2D eigenvalue weighted by Gasteiger charge is 2.08. The minimum absolute atomic E-state index is 0.171. The van der Waals surface area contributed by atoms with Gasteiger partial charge in [-0.2, -0.15) is 0 Å². The standard InChI is InChI=1S/C8H16O2/c1-4-8(9)7(2)5-6-10-3/h7H,4-6H2,1-3H3. The van der Waals surface area contributed by atoms with Crippen LogP contribution in [0, 0.1) is 5.92 Å². The third-order valence-electron chi connectivity index (χ3n) is 1.65. The van der Waals surface area contributed by atoms with Gasteiger partial charge in [-0.25, -0.2) is 0 Å². The number of ether oxygens (including phenoxy) is 1. The first kappa shape index (κ1) is 9.63. The second-order valence-electron chi connectivity index (χ2n) is 2.50. The van der Waals surface area contributed by atoms with Crippen LogP contribution < -0.4 is 0 Å². The number of ketones is 1. The lowest BCUT2D eigenvalue weighted by atomic mass is 10.0. The Bertz CT molecular complexity index is 99.4. The molecular weight excluding hydrogens is 128 g/mol. The molecule has 0 fully saturated rings. The summed E-state index contributed by atoms with van der Waals surface area (Å²) in [5, 5.41) is 0. The van der Waals surface area contributed by atoms with Crippen LogP contribution >= 0.6 is 0 Å². The molecule has 2 nitrogen and oxygen atoms in total. The fourth-order valence-electron chi connectivity index (χ4n) is 0.804. The molecule has 0 aliphatic carbocycles. The summed E-state index contributed by atoms with van der Waals surface area (Å²) in [5.74, 6) is 0.502. The first-order valence-electron chi connectivity index (χ1n) is 3.74. The molecular formula is C8H16O2. The number of carbonyl (C=O) groups is 1. The Morgan fingerprint density at radius 3 is 2.60 bits per heavy atom. The van der Waals surface area contributed by atoms with Gasteiger partial charge in [0, 0.05) is 26.1 Å². The normalized spacial score (nSPS) is 13.1. The van der Waals surface area contributed by atoms with E-state index in [-0.39, 0.29) is 5.92 Å². The lowest BCUT2D eigenvalue weighted by Gasteiger charge is -2.06. The second-order valence-corrected chi connectivity index (χ2v) is 2.50. The zero-order valence-electron chi connectivity index (χ0n) is 7.02. The van der Waals surface area contributed by atoms with Crippen molar-refractivity contribution in [2.45, 2.75) is 26.7 Å². The summed E-state index contributed by atoms with van der Waals surface area (Å²) in [5.41, 5.74) is 0. The number of hydrogen-bond donors (Lipinski definition) is 0. The van der Waals surface area contributed by atoms with Gasteiger partial charge in [-0.1, -0.05) is 13.8 Å². The Kier molecular flexibility index (Phi) is 5.22. The zero-order chi connectivity index (χ0) is 7.98. The van der Waals surface area contributed by atoms with Crippen molar-refractivity contribution in [3.05, 3.63) is 0 Å². The predicted molar refractivity (Wildman–Crippen MR) is 41.0 cm³/mol. The van der Waals surface area contributed by atoms with E-state index in [2.05, 4.69) is 0 Å². The molecule has 0 radical (unpaired) electrons. The van der Waals surface area contributed by atoms with Crippen LogP contribution in [0.2, 0.25) is 0 Å². The molecule has 10 heavy (non-hydrogen) atoms. The van der Waals surface area contributed by atoms with Crippen molar-refractivity contribution >= 4 is 5.78 Å². The van der Waals surface area contributed by atoms with Crippen LogP contribution in [0.15, 0.2) is 0 Å². The average molecular weight is 144 g/mol. The highest BCUT2D eigenvalue weighted by molar-refractivity contribution is 5.80. The van der Waals surface area contributed by atoms with Crippen LogP contribution in [0.5, 0.6) is 0 Å². The second kappa shape index (κ2) is 5.42. The molecule has 0 aliphatic rings. The topological polar surface area (TPSA) is 26.3 Å². The van der Waals surface area contributed by atoms with Crippen LogP contribution in [0.4, 0.5) is 0 Å². The van der Waals surface area contributed by atoms with Gasteiger partial charge in [-0.15, -0.1) is 0 Å². The summed E-state index contributed by atoms with van der Waals surface area (Å²) in [7, 11) is 1.66. The minimum atomic E-state index is 0.171. The Balaban J connectivity index is 3.41. The lowest BCUT2D eigenvalue weighted by Crippen LogP contribution is -2.11. The number of hydrogen-bond acceptors (Lipinski definition) is 2. The molecule has 0 aromatic carbocycles. The van der Waals surface area contributed by atoms with Crippen molar-refractivity contribution in [2.75, 3.05) is 13.7 Å². The van der Waals surface area contributed by atoms with Crippen LogP contribution in [0.1, 0.15) is 26.7 Å². The van der Waals surface area contributed by atoms with Crippen LogP contribution in [-0.2, 0) is 9.53 Å². The lowest BCUT2D eigenvalue weighted by molar-refractivity contribution is -0.122. The van der Waals surface area contributed by atoms with Gasteiger partial charge < -0.3 is 4.74 Å². The van der Waals surface area contributed by atoms with E-state index >= 15 is 0 Å². The molecule has 0 N–H and O–H groups in total. The van der Waals surface area contributed by atoms with E-state index in [0.29, 0.717) is 18.8 Å². The molecule has 0 bridgehead atoms. The summed E-state index contributed by atoms with van der Waals surface area (Å²) in [6.07, 6.45) is 1.49. The van der Waals surface area contributed by atoms with E-state index in [4.69, 9.17) is 4.74 Å². The van der Waals surface area contributed by atoms with Crippen LogP contribution in [-0.4, -0.2) is 19.5 Å². The summed E-state index contributed by atoms with van der Waals surface area (Å²) in [6, 6.07) is 0. The number of rotatable bonds is 5. The first-order valence-corrected chi connectivity index (χ1v) is 3.74. The van der Waals surface area contributed by atoms with E-state index in [0.717, 1.165) is 6.42 Å². The van der Waals surface area contributed by atoms with Crippen molar-refractivity contribution in [3.8, 4) is 0 Å². The Morgan fingerprint density at radius 1 is 1.60 bits per heavy atom. The first-order chi connectivity index (χ1) is 4.72. The van der Waals surface area contributed by atoms with E-state index in [1.54, 1.807) is 7.11 Å². The highest BCUT2D eigenvalue weighted by atomic mass is 16.5. The van der Waals surface area contributed by atoms with Crippen molar-refractivity contribution in [3.63, 3.8) is 0 Å². The molecule has 0 saturated heterocycles. The average Bonchev–Trinajstić information content (AvgIpc) is 1.98. The monoisotopic (exact) mass is 144 g/mol. The Morgan fingerprint density at radius 2 is 2.20 bits per heavy atom. The van der Waals surface area contributed by atoms with E-state index in [9.17, 15) is 4.79 Å². The summed E-state index contributed by atoms with van der Waals surface area (Å²) >= 11 is 0. The molecule has 60 valence electrons. The molecule has 0 spiro atoms. The van der Waals surface area contributed by atoms with Gasteiger partial charge in [0.25, 0.3) is 0 Å². The molecule has 0 rings (SSSR count). The van der Waals surface area contributed by atoms with Crippen molar-refractivity contribution in [1.29, 1.82) is 0 Å². The number of carbonyl (C=O) groups excluding carboxylic acids is 1. The van der Waals surface area contributed by atoms with Gasteiger partial charge in [0.2, 0.25) is 0 Å². The third kappa shape index (κ3) is 3.62. The SMILES string of the molecule is CCC(=O)C(C)CCOC. The van der Waals surface area contributed by atoms with Gasteiger partial charge in [-0.3, -0.25) is 4.79 Å². The maximum absolute atomic E-state index is 11.0. The summed E-state index contributed by atoms with van der Waals surface area (Å²) < 4.78 is 4.85. The number of methoxy groups -OCH3 is 1. The minimum Gasteiger partial charge on any atom is -0.385 e. The Labute approximate surface area is 62.6 Å². The van der Waals surface area contributed by atoms with Gasteiger partial charge in [0.15, 0.2) is 0 Å². The molecule has 1 atom stereocenters. The quantitative estimate of drug-likeness (QED) is 0.586. The van der Waals surface area contributed by atoms with E-state index in [1.807, 2.05) is 13.8 Å². The summed E-state index contributed by atoms with van der Waals surface area (Å²) in [6.45, 7) is 4.53. The molecule has 1 unspecified atom stereocenters. The molecule has 0 amide bonds. The predicted octanol–water partition coefficient (Wildman–Crippen LogP) is 1.64. The van der Waals surface area contributed by atoms with Crippen molar-refractivity contribution < 1.29 is 9.53 Å². The van der Waals surface area contributed by atoms with Crippen LogP contribution in [0.3, 0.4) is 0 Å². The molecule has 0 aromatic rings. The van der Waals surface area contributed by atoms with Gasteiger partial charge >= 0.3 is 0 Å². The maximum atomic E-state index is 11.0. The molecule has 0 aromatic heterocycles. The molecule has 0 aliphatic heterocycles. The fraction of sp³-hybridized carbons (Fsp3) is 0.875. The third-order valence-corrected chi connectivity index (χ3v) is 1.65. The Hall–Kier alpha value is -0.370. The molecule has 0 saturated carbocycles. The molecule has 2 heteroatoms. The highest BCUT2D eigenvalue weighted by Crippen LogP contribution is 2.04. The zero-order valence-corrected chi connectivity index (χ0v) is 7.02. The largest absolute Gasteiger partial charge is 0.385 e. The van der Waals surface area contributed by atoms with E-state index in [1.165, 1.54) is 0 Å². The molecule has 0 heterocycles. The summed E-state index contributed by atoms with van der Waals surface area (Å²) in [4.78, 5) is 11.0. The van der Waals surface area contributed by atoms with Crippen LogP contribution in [0.25, 0.3) is 0 Å². The fourth-order valence-corrected chi connectivity index (χ4v) is 0.804. The number of Topliss-reactive ketones (excluding diaryl/α,β-unsaturated/α-hetero) is 1. The van der Waals surface area contributed by atoms with Gasteiger partial charge in [0.1, 0.15) is 5.78 Å². The smallest absolute Gasteiger partial charge is 0.135 e.